The average Bonchev–Trinajstić information content (AvgIpc) is 3.24. The first-order valence-corrected chi connectivity index (χ1v) is 9.33. The zero-order chi connectivity index (χ0) is 19.0. The summed E-state index contributed by atoms with van der Waals surface area (Å²) in [6.07, 6.45) is 0.915. The molecule has 5 heteroatoms. The second kappa shape index (κ2) is 6.91. The minimum atomic E-state index is -0.332. The normalized spacial score (nSPS) is 14.1. The van der Waals surface area contributed by atoms with Crippen LogP contribution in [0.3, 0.4) is 0 Å². The van der Waals surface area contributed by atoms with E-state index in [0.717, 1.165) is 41.4 Å². The van der Waals surface area contributed by atoms with Crippen LogP contribution in [0.1, 0.15) is 23.9 Å². The highest BCUT2D eigenvalue weighted by Crippen LogP contribution is 2.29. The Morgan fingerprint density at radius 3 is 2.56 bits per heavy atom. The molecule has 0 bridgehead atoms. The van der Waals surface area contributed by atoms with Gasteiger partial charge in [-0.05, 0) is 51.0 Å². The molecule has 4 rings (SSSR count). The molecule has 27 heavy (non-hydrogen) atoms. The second-order valence-electron chi connectivity index (χ2n) is 7.03. The second-order valence-corrected chi connectivity index (χ2v) is 7.03. The Balaban J connectivity index is 1.56. The molecular formula is C22H24N4O. The van der Waals surface area contributed by atoms with E-state index in [1.54, 1.807) is 0 Å². The van der Waals surface area contributed by atoms with Crippen molar-refractivity contribution in [3.05, 3.63) is 71.5 Å². The van der Waals surface area contributed by atoms with Gasteiger partial charge in [0.15, 0.2) is 0 Å². The maximum atomic E-state index is 13.0. The lowest BCUT2D eigenvalue weighted by Gasteiger charge is -2.23. The highest BCUT2D eigenvalue weighted by molar-refractivity contribution is 6.00. The summed E-state index contributed by atoms with van der Waals surface area (Å²) in [6.45, 7) is 6.66. The van der Waals surface area contributed by atoms with E-state index < -0.39 is 0 Å². The molecule has 138 valence electrons. The Kier molecular flexibility index (Phi) is 4.44. The summed E-state index contributed by atoms with van der Waals surface area (Å²) < 4.78 is 1.92. The van der Waals surface area contributed by atoms with Crippen LogP contribution in [0.25, 0.3) is 5.69 Å². The third-order valence-corrected chi connectivity index (χ3v) is 5.18. The molecule has 2 heterocycles. The number of carbonyl (C=O) groups excluding carboxylic acids is 1. The Labute approximate surface area is 159 Å². The number of aryl methyl sites for hydroxylation is 1. The van der Waals surface area contributed by atoms with Gasteiger partial charge in [-0.3, -0.25) is 4.79 Å². The molecule has 5 nitrogen and oxygen atoms in total. The molecule has 1 aliphatic heterocycles. The number of fused-ring (bicyclic) bond motifs is 1. The highest BCUT2D eigenvalue weighted by atomic mass is 16.2. The summed E-state index contributed by atoms with van der Waals surface area (Å²) in [7, 11) is 0. The topological polar surface area (TPSA) is 50.2 Å². The minimum Gasteiger partial charge on any atom is -0.371 e. The van der Waals surface area contributed by atoms with Crippen molar-refractivity contribution in [1.82, 2.24) is 9.78 Å². The van der Waals surface area contributed by atoms with Crippen LogP contribution >= 0.6 is 0 Å². The van der Waals surface area contributed by atoms with E-state index in [4.69, 9.17) is 0 Å². The molecular weight excluding hydrogens is 336 g/mol. The molecule has 0 saturated carbocycles. The molecule has 0 unspecified atom stereocenters. The lowest BCUT2D eigenvalue weighted by atomic mass is 10.2. The molecule has 3 aromatic rings. The number of rotatable bonds is 4. The maximum Gasteiger partial charge on any atom is 0.249 e. The predicted octanol–water partition coefficient (Wildman–Crippen LogP) is 3.88. The van der Waals surface area contributed by atoms with Crippen LogP contribution in [0.4, 0.5) is 11.4 Å². The number of hydrogen-bond donors (Lipinski definition) is 1. The molecule has 1 aliphatic rings. The van der Waals surface area contributed by atoms with Crippen LogP contribution in [0, 0.1) is 13.8 Å². The van der Waals surface area contributed by atoms with Gasteiger partial charge in [-0.15, -0.1) is 0 Å². The quantitative estimate of drug-likeness (QED) is 0.768. The molecule has 1 aromatic heterocycles. The van der Waals surface area contributed by atoms with Crippen molar-refractivity contribution >= 4 is 17.3 Å². The van der Waals surface area contributed by atoms with Crippen molar-refractivity contribution in [3.8, 4) is 5.69 Å². The molecule has 1 amide bonds. The lowest BCUT2D eigenvalue weighted by molar-refractivity contribution is -0.118. The van der Waals surface area contributed by atoms with E-state index in [1.165, 1.54) is 5.56 Å². The number of para-hydroxylation sites is 2. The zero-order valence-corrected chi connectivity index (χ0v) is 15.9. The first-order valence-electron chi connectivity index (χ1n) is 9.33. The van der Waals surface area contributed by atoms with Gasteiger partial charge in [0.05, 0.1) is 22.8 Å². The maximum absolute atomic E-state index is 13.0. The van der Waals surface area contributed by atoms with Crippen molar-refractivity contribution in [1.29, 1.82) is 0 Å². The smallest absolute Gasteiger partial charge is 0.249 e. The minimum absolute atomic E-state index is 0.0891. The van der Waals surface area contributed by atoms with Crippen molar-refractivity contribution in [2.45, 2.75) is 33.2 Å². The van der Waals surface area contributed by atoms with Crippen molar-refractivity contribution < 1.29 is 4.79 Å². The van der Waals surface area contributed by atoms with Gasteiger partial charge in [0.25, 0.3) is 0 Å². The summed E-state index contributed by atoms with van der Waals surface area (Å²) in [5.41, 5.74) is 6.09. The van der Waals surface area contributed by atoms with Gasteiger partial charge in [0, 0.05) is 12.2 Å². The van der Waals surface area contributed by atoms with Crippen LogP contribution in [0.15, 0.2) is 54.6 Å². The summed E-state index contributed by atoms with van der Waals surface area (Å²) in [5.74, 6) is 0.0891. The van der Waals surface area contributed by atoms with E-state index >= 15 is 0 Å². The fraction of sp³-hybridized carbons (Fsp3) is 0.273. The number of aromatic nitrogens is 2. The lowest BCUT2D eigenvalue weighted by Crippen LogP contribution is -2.40. The Bertz CT molecular complexity index is 977. The van der Waals surface area contributed by atoms with Gasteiger partial charge in [0.2, 0.25) is 5.91 Å². The van der Waals surface area contributed by atoms with E-state index in [2.05, 4.69) is 16.5 Å². The number of nitrogens with one attached hydrogen (secondary N) is 1. The van der Waals surface area contributed by atoms with Gasteiger partial charge >= 0.3 is 0 Å². The molecule has 1 atom stereocenters. The standard InChI is InChI=1S/C22H24N4O/c1-15-21(17(3)26(24-15)19-10-5-4-6-11-19)23-16(2)22(27)25-14-13-18-9-7-8-12-20(18)25/h4-12,16,23H,13-14H2,1-3H3/t16-/m1/s1. The fourth-order valence-corrected chi connectivity index (χ4v) is 3.75. The first kappa shape index (κ1) is 17.3. The van der Waals surface area contributed by atoms with Crippen LogP contribution < -0.4 is 10.2 Å². The van der Waals surface area contributed by atoms with Gasteiger partial charge in [-0.2, -0.15) is 5.10 Å². The number of hydrogen-bond acceptors (Lipinski definition) is 3. The molecule has 0 spiro atoms. The molecule has 0 radical (unpaired) electrons. The third-order valence-electron chi connectivity index (χ3n) is 5.18. The van der Waals surface area contributed by atoms with E-state index in [0.29, 0.717) is 0 Å². The zero-order valence-electron chi connectivity index (χ0n) is 15.9. The van der Waals surface area contributed by atoms with Crippen LogP contribution in [0.2, 0.25) is 0 Å². The van der Waals surface area contributed by atoms with Gasteiger partial charge in [-0.1, -0.05) is 36.4 Å². The summed E-state index contributed by atoms with van der Waals surface area (Å²) in [5, 5.41) is 8.06. The van der Waals surface area contributed by atoms with Crippen LogP contribution in [-0.2, 0) is 11.2 Å². The Hall–Kier alpha value is -3.08. The van der Waals surface area contributed by atoms with Crippen molar-refractivity contribution in [2.24, 2.45) is 0 Å². The van der Waals surface area contributed by atoms with E-state index in [-0.39, 0.29) is 11.9 Å². The number of amides is 1. The largest absolute Gasteiger partial charge is 0.371 e. The van der Waals surface area contributed by atoms with E-state index in [9.17, 15) is 4.79 Å². The third kappa shape index (κ3) is 3.10. The van der Waals surface area contributed by atoms with E-state index in [1.807, 2.05) is 78.9 Å². The summed E-state index contributed by atoms with van der Waals surface area (Å²) >= 11 is 0. The molecule has 0 fully saturated rings. The summed E-state index contributed by atoms with van der Waals surface area (Å²) in [6, 6.07) is 17.8. The Morgan fingerprint density at radius 2 is 1.78 bits per heavy atom. The average molecular weight is 360 g/mol. The molecule has 2 aromatic carbocycles. The first-order chi connectivity index (χ1) is 13.1. The van der Waals surface area contributed by atoms with Crippen molar-refractivity contribution in [3.63, 3.8) is 0 Å². The van der Waals surface area contributed by atoms with Crippen LogP contribution in [0.5, 0.6) is 0 Å². The monoisotopic (exact) mass is 360 g/mol. The van der Waals surface area contributed by atoms with Gasteiger partial charge < -0.3 is 10.2 Å². The fourth-order valence-electron chi connectivity index (χ4n) is 3.75. The summed E-state index contributed by atoms with van der Waals surface area (Å²) in [4.78, 5) is 14.9. The van der Waals surface area contributed by atoms with Gasteiger partial charge in [0.1, 0.15) is 6.04 Å². The van der Waals surface area contributed by atoms with Crippen molar-refractivity contribution in [2.75, 3.05) is 16.8 Å². The number of anilines is 2. The van der Waals surface area contributed by atoms with Gasteiger partial charge in [-0.25, -0.2) is 4.68 Å². The molecule has 0 saturated heterocycles. The number of nitrogens with zero attached hydrogens (tertiary/aromatic N) is 3. The highest BCUT2D eigenvalue weighted by Gasteiger charge is 2.28. The number of carbonyl (C=O) groups is 1. The Morgan fingerprint density at radius 1 is 1.07 bits per heavy atom. The number of benzene rings is 2. The molecule has 0 aliphatic carbocycles. The van der Waals surface area contributed by atoms with Crippen LogP contribution in [-0.4, -0.2) is 28.3 Å². The molecule has 1 N–H and O–H groups in total. The SMILES string of the molecule is Cc1nn(-c2ccccc2)c(C)c1N[C@H](C)C(=O)N1CCc2ccccc21. The predicted molar refractivity (Wildman–Crippen MR) is 109 cm³/mol.